The summed E-state index contributed by atoms with van der Waals surface area (Å²) in [6.45, 7) is 2.54. The molecule has 12 heteroatoms. The van der Waals surface area contributed by atoms with Crippen LogP contribution in [0.2, 0.25) is 0 Å². The second kappa shape index (κ2) is 10.4. The Bertz CT molecular complexity index is 1030. The van der Waals surface area contributed by atoms with Crippen molar-refractivity contribution in [1.29, 1.82) is 0 Å². The number of rotatable bonds is 9. The van der Waals surface area contributed by atoms with Crippen LogP contribution >= 0.6 is 0 Å². The summed E-state index contributed by atoms with van der Waals surface area (Å²) in [5, 5.41) is 22.6. The van der Waals surface area contributed by atoms with Crippen molar-refractivity contribution >= 4 is 29.7 Å². The number of nitrogens with one attached hydrogen (secondary N) is 5. The quantitative estimate of drug-likeness (QED) is 0.243. The molecule has 0 aliphatic heterocycles. The van der Waals surface area contributed by atoms with Gasteiger partial charge < -0.3 is 15.5 Å². The summed E-state index contributed by atoms with van der Waals surface area (Å²) in [5.41, 5.74) is 10.00. The Morgan fingerprint density at radius 3 is 1.62 bits per heavy atom. The summed E-state index contributed by atoms with van der Waals surface area (Å²) in [4.78, 5) is 36.9. The molecule has 7 N–H and O–H groups in total. The van der Waals surface area contributed by atoms with Crippen LogP contribution in [-0.4, -0.2) is 43.5 Å². The van der Waals surface area contributed by atoms with E-state index in [0.717, 1.165) is 6.42 Å². The normalized spacial score (nSPS) is 10.2. The maximum Gasteiger partial charge on any atom is 0.273 e. The van der Waals surface area contributed by atoms with Gasteiger partial charge in [-0.25, -0.2) is 0 Å². The zero-order valence-corrected chi connectivity index (χ0v) is 17.1. The summed E-state index contributed by atoms with van der Waals surface area (Å²) >= 11 is 0. The van der Waals surface area contributed by atoms with Crippen LogP contribution in [0.25, 0.3) is 0 Å². The van der Waals surface area contributed by atoms with Crippen LogP contribution in [0.1, 0.15) is 34.1 Å². The average Bonchev–Trinajstić information content (AvgIpc) is 2.80. The Balaban J connectivity index is 1.71. The fraction of sp³-hybridized carbons (Fsp3) is 0.150. The van der Waals surface area contributed by atoms with Crippen molar-refractivity contribution in [3.63, 3.8) is 0 Å². The molecular weight excluding hydrogens is 416 g/mol. The number of anilines is 3. The van der Waals surface area contributed by atoms with Crippen LogP contribution in [0.4, 0.5) is 17.8 Å². The molecule has 12 nitrogen and oxygen atoms in total. The van der Waals surface area contributed by atoms with Crippen LogP contribution in [0.15, 0.2) is 48.5 Å². The summed E-state index contributed by atoms with van der Waals surface area (Å²) in [5.74, 6) is -1.42. The highest BCUT2D eigenvalue weighted by Gasteiger charge is 2.13. The molecule has 0 bridgehead atoms. The number of hydrogen-bond acceptors (Lipinski definition) is 10. The molecule has 0 aliphatic carbocycles. The van der Waals surface area contributed by atoms with Gasteiger partial charge in [0.15, 0.2) is 0 Å². The zero-order valence-electron chi connectivity index (χ0n) is 17.1. The number of aromatic hydroxyl groups is 2. The molecule has 2 aromatic carbocycles. The Labute approximate surface area is 183 Å². The van der Waals surface area contributed by atoms with Crippen LogP contribution in [0.5, 0.6) is 11.5 Å². The average molecular weight is 438 g/mol. The number of amides is 2. The summed E-state index contributed by atoms with van der Waals surface area (Å²) in [6, 6.07) is 12.1. The van der Waals surface area contributed by atoms with Gasteiger partial charge >= 0.3 is 0 Å². The highest BCUT2D eigenvalue weighted by atomic mass is 16.3. The standard InChI is InChI=1S/C20H22N8O4/c1-2-11-21-18-22-19(27-25-16(31)12-7-3-5-9-14(12)29)24-20(23-18)28-26-17(32)13-8-4-6-10-15(13)30/h3-10,29-30H,2,11H2,1H3,(H,25,31)(H,26,32)(H3,21,22,23,24,27,28). The Morgan fingerprint density at radius 1 is 0.750 bits per heavy atom. The molecule has 2 amide bonds. The van der Waals surface area contributed by atoms with E-state index in [1.54, 1.807) is 24.3 Å². The van der Waals surface area contributed by atoms with Gasteiger partial charge in [-0.1, -0.05) is 31.2 Å². The van der Waals surface area contributed by atoms with E-state index in [4.69, 9.17) is 0 Å². The summed E-state index contributed by atoms with van der Waals surface area (Å²) in [6.07, 6.45) is 0.811. The number of hydrazine groups is 2. The van der Waals surface area contributed by atoms with Crippen molar-refractivity contribution in [3.05, 3.63) is 59.7 Å². The lowest BCUT2D eigenvalue weighted by Crippen LogP contribution is -2.32. The van der Waals surface area contributed by atoms with Crippen LogP contribution < -0.4 is 27.0 Å². The minimum absolute atomic E-state index is 0.0262. The van der Waals surface area contributed by atoms with Gasteiger partial charge in [0.1, 0.15) is 11.5 Å². The monoisotopic (exact) mass is 438 g/mol. The van der Waals surface area contributed by atoms with E-state index in [1.807, 2.05) is 6.92 Å². The van der Waals surface area contributed by atoms with E-state index in [1.165, 1.54) is 24.3 Å². The number of hydrogen-bond donors (Lipinski definition) is 7. The molecule has 0 unspecified atom stereocenters. The summed E-state index contributed by atoms with van der Waals surface area (Å²) in [7, 11) is 0. The number of para-hydroxylation sites is 2. The maximum atomic E-state index is 12.3. The van der Waals surface area contributed by atoms with Crippen molar-refractivity contribution < 1.29 is 19.8 Å². The van der Waals surface area contributed by atoms with E-state index in [-0.39, 0.29) is 40.5 Å². The predicted octanol–water partition coefficient (Wildman–Crippen LogP) is 1.62. The first-order valence-electron chi connectivity index (χ1n) is 9.66. The summed E-state index contributed by atoms with van der Waals surface area (Å²) < 4.78 is 0. The van der Waals surface area contributed by atoms with E-state index in [2.05, 4.69) is 42.0 Å². The lowest BCUT2D eigenvalue weighted by atomic mass is 10.2. The smallest absolute Gasteiger partial charge is 0.273 e. The second-order valence-electron chi connectivity index (χ2n) is 6.43. The molecule has 0 saturated heterocycles. The number of phenolic OH excluding ortho intramolecular Hbond substituents is 2. The first-order chi connectivity index (χ1) is 15.5. The largest absolute Gasteiger partial charge is 0.507 e. The second-order valence-corrected chi connectivity index (χ2v) is 6.43. The van der Waals surface area contributed by atoms with Crippen LogP contribution in [0, 0.1) is 0 Å². The van der Waals surface area contributed by atoms with Crippen molar-refractivity contribution in [3.8, 4) is 11.5 Å². The van der Waals surface area contributed by atoms with Crippen molar-refractivity contribution in [2.24, 2.45) is 0 Å². The predicted molar refractivity (Wildman–Crippen MR) is 117 cm³/mol. The molecule has 3 rings (SSSR count). The van der Waals surface area contributed by atoms with Crippen molar-refractivity contribution in [1.82, 2.24) is 25.8 Å². The molecule has 1 aromatic heterocycles. The molecule has 0 fully saturated rings. The van der Waals surface area contributed by atoms with Gasteiger partial charge in [0, 0.05) is 6.54 Å². The van der Waals surface area contributed by atoms with E-state index >= 15 is 0 Å². The lowest BCUT2D eigenvalue weighted by Gasteiger charge is -2.12. The first-order valence-corrected chi connectivity index (χ1v) is 9.66. The molecular formula is C20H22N8O4. The highest BCUT2D eigenvalue weighted by Crippen LogP contribution is 2.16. The molecule has 0 aliphatic rings. The Hall–Kier alpha value is -4.61. The van der Waals surface area contributed by atoms with Gasteiger partial charge in [0.2, 0.25) is 17.8 Å². The number of carbonyl (C=O) groups excluding carboxylic acids is 2. The molecule has 0 atom stereocenters. The third kappa shape index (κ3) is 5.72. The first kappa shape index (κ1) is 22.1. The molecule has 166 valence electrons. The highest BCUT2D eigenvalue weighted by molar-refractivity contribution is 5.97. The van der Waals surface area contributed by atoms with Crippen LogP contribution in [-0.2, 0) is 0 Å². The van der Waals surface area contributed by atoms with Gasteiger partial charge in [0.25, 0.3) is 11.8 Å². The molecule has 0 spiro atoms. The Kier molecular flexibility index (Phi) is 7.20. The van der Waals surface area contributed by atoms with Gasteiger partial charge in [-0.15, -0.1) is 0 Å². The van der Waals surface area contributed by atoms with Gasteiger partial charge in [-0.05, 0) is 30.7 Å². The van der Waals surface area contributed by atoms with Gasteiger partial charge in [-0.3, -0.25) is 31.3 Å². The van der Waals surface area contributed by atoms with Crippen molar-refractivity contribution in [2.75, 3.05) is 22.7 Å². The molecule has 0 radical (unpaired) electrons. The van der Waals surface area contributed by atoms with Crippen LogP contribution in [0.3, 0.4) is 0 Å². The molecule has 1 heterocycles. The number of aromatic nitrogens is 3. The molecule has 0 saturated carbocycles. The SMILES string of the molecule is CCCNc1nc(NNC(=O)c2ccccc2O)nc(NNC(=O)c2ccccc2O)n1. The van der Waals surface area contributed by atoms with Gasteiger partial charge in [-0.2, -0.15) is 15.0 Å². The molecule has 3 aromatic rings. The number of carbonyl (C=O) groups is 2. The molecule has 32 heavy (non-hydrogen) atoms. The zero-order chi connectivity index (χ0) is 22.9. The number of phenols is 2. The number of benzene rings is 2. The maximum absolute atomic E-state index is 12.3. The topological polar surface area (TPSA) is 173 Å². The van der Waals surface area contributed by atoms with E-state index in [0.29, 0.717) is 6.54 Å². The third-order valence-corrected chi connectivity index (χ3v) is 4.04. The minimum Gasteiger partial charge on any atom is -0.507 e. The van der Waals surface area contributed by atoms with Crippen molar-refractivity contribution in [2.45, 2.75) is 13.3 Å². The fourth-order valence-electron chi connectivity index (χ4n) is 2.49. The van der Waals surface area contributed by atoms with E-state index in [9.17, 15) is 19.8 Å². The fourth-order valence-corrected chi connectivity index (χ4v) is 2.49. The number of nitrogens with zero attached hydrogens (tertiary/aromatic N) is 3. The van der Waals surface area contributed by atoms with Gasteiger partial charge in [0.05, 0.1) is 11.1 Å². The lowest BCUT2D eigenvalue weighted by molar-refractivity contribution is 0.0951. The van der Waals surface area contributed by atoms with E-state index < -0.39 is 11.8 Å². The minimum atomic E-state index is -0.603. The Morgan fingerprint density at radius 2 is 1.19 bits per heavy atom. The third-order valence-electron chi connectivity index (χ3n) is 4.04.